The number of thiophene rings is 1. The third-order valence-electron chi connectivity index (χ3n) is 6.06. The molecule has 1 aliphatic carbocycles. The Morgan fingerprint density at radius 1 is 1.31 bits per heavy atom. The molecular weight excluding hydrogens is 388 g/mol. The van der Waals surface area contributed by atoms with Gasteiger partial charge in [0.25, 0.3) is 5.91 Å². The first kappa shape index (κ1) is 20.1. The van der Waals surface area contributed by atoms with Gasteiger partial charge in [-0.2, -0.15) is 5.10 Å². The lowest BCUT2D eigenvalue weighted by molar-refractivity contribution is -0.125. The van der Waals surface area contributed by atoms with Crippen LogP contribution in [0.25, 0.3) is 0 Å². The quantitative estimate of drug-likeness (QED) is 0.827. The summed E-state index contributed by atoms with van der Waals surface area (Å²) in [5, 5.41) is 7.51. The van der Waals surface area contributed by atoms with E-state index in [-0.39, 0.29) is 17.7 Å². The van der Waals surface area contributed by atoms with E-state index in [2.05, 4.69) is 10.4 Å². The van der Waals surface area contributed by atoms with Gasteiger partial charge >= 0.3 is 0 Å². The SMILES string of the molecule is Cc1nn(C)c(C)c1CNC(=O)[C@H]1CCc2sc(C(=O)N3CCOCC3)cc2C1. The number of nitrogens with one attached hydrogen (secondary N) is 1. The average Bonchev–Trinajstić information content (AvgIpc) is 3.26. The fourth-order valence-corrected chi connectivity index (χ4v) is 5.34. The minimum atomic E-state index is -0.0410. The minimum absolute atomic E-state index is 0.0410. The Hall–Kier alpha value is -2.19. The Morgan fingerprint density at radius 3 is 2.76 bits per heavy atom. The van der Waals surface area contributed by atoms with E-state index in [9.17, 15) is 9.59 Å². The van der Waals surface area contributed by atoms with E-state index in [0.29, 0.717) is 39.3 Å². The Balaban J connectivity index is 1.38. The molecule has 156 valence electrons. The Labute approximate surface area is 175 Å². The lowest BCUT2D eigenvalue weighted by Crippen LogP contribution is -2.40. The normalized spacial score (nSPS) is 19.1. The van der Waals surface area contributed by atoms with Gasteiger partial charge in [-0.1, -0.05) is 0 Å². The van der Waals surface area contributed by atoms with Crippen LogP contribution in [0, 0.1) is 19.8 Å². The number of nitrogens with zero attached hydrogens (tertiary/aromatic N) is 3. The van der Waals surface area contributed by atoms with Crippen molar-refractivity contribution in [2.75, 3.05) is 26.3 Å². The topological polar surface area (TPSA) is 76.5 Å². The van der Waals surface area contributed by atoms with E-state index in [0.717, 1.165) is 40.2 Å². The summed E-state index contributed by atoms with van der Waals surface area (Å²) in [7, 11) is 1.92. The van der Waals surface area contributed by atoms with E-state index in [1.807, 2.05) is 36.5 Å². The van der Waals surface area contributed by atoms with Crippen molar-refractivity contribution in [3.63, 3.8) is 0 Å². The molecule has 29 heavy (non-hydrogen) atoms. The first-order valence-electron chi connectivity index (χ1n) is 10.2. The first-order chi connectivity index (χ1) is 13.9. The number of carbonyl (C=O) groups excluding carboxylic acids is 2. The van der Waals surface area contributed by atoms with Crippen molar-refractivity contribution in [3.8, 4) is 0 Å². The van der Waals surface area contributed by atoms with Crippen molar-refractivity contribution < 1.29 is 14.3 Å². The number of aromatic nitrogens is 2. The summed E-state index contributed by atoms with van der Waals surface area (Å²) in [6.45, 7) is 7.02. The van der Waals surface area contributed by atoms with Gasteiger partial charge < -0.3 is 15.0 Å². The van der Waals surface area contributed by atoms with Crippen molar-refractivity contribution >= 4 is 23.2 Å². The molecule has 2 amide bonds. The van der Waals surface area contributed by atoms with E-state index in [1.54, 1.807) is 11.3 Å². The summed E-state index contributed by atoms with van der Waals surface area (Å²) < 4.78 is 7.19. The van der Waals surface area contributed by atoms with Gasteiger partial charge in [0.2, 0.25) is 5.91 Å². The molecule has 1 fully saturated rings. The predicted molar refractivity (Wildman–Crippen MR) is 111 cm³/mol. The van der Waals surface area contributed by atoms with Crippen LogP contribution in [0.1, 0.15) is 43.5 Å². The van der Waals surface area contributed by atoms with Crippen LogP contribution >= 0.6 is 11.3 Å². The molecule has 3 heterocycles. The minimum Gasteiger partial charge on any atom is -0.378 e. The van der Waals surface area contributed by atoms with Gasteiger partial charge in [-0.05, 0) is 44.7 Å². The summed E-state index contributed by atoms with van der Waals surface area (Å²) >= 11 is 1.59. The van der Waals surface area contributed by atoms with Gasteiger partial charge in [0, 0.05) is 48.7 Å². The van der Waals surface area contributed by atoms with Crippen LogP contribution in [0.4, 0.5) is 0 Å². The highest BCUT2D eigenvalue weighted by Crippen LogP contribution is 2.33. The third kappa shape index (κ3) is 4.09. The summed E-state index contributed by atoms with van der Waals surface area (Å²) in [6, 6.07) is 2.01. The smallest absolute Gasteiger partial charge is 0.264 e. The summed E-state index contributed by atoms with van der Waals surface area (Å²) in [5.74, 6) is 0.141. The highest BCUT2D eigenvalue weighted by atomic mass is 32.1. The molecule has 0 aromatic carbocycles. The lowest BCUT2D eigenvalue weighted by atomic mass is 9.87. The van der Waals surface area contributed by atoms with E-state index >= 15 is 0 Å². The number of carbonyl (C=O) groups is 2. The molecule has 2 aromatic heterocycles. The number of ether oxygens (including phenoxy) is 1. The molecule has 4 rings (SSSR count). The number of aryl methyl sites for hydroxylation is 3. The number of hydrogen-bond donors (Lipinski definition) is 1. The van der Waals surface area contributed by atoms with Crippen molar-refractivity contribution in [3.05, 3.63) is 38.3 Å². The molecule has 0 spiro atoms. The number of amides is 2. The van der Waals surface area contributed by atoms with Gasteiger partial charge in [0.1, 0.15) is 0 Å². The zero-order chi connectivity index (χ0) is 20.5. The molecule has 0 saturated carbocycles. The molecule has 2 aliphatic rings. The number of rotatable bonds is 4. The zero-order valence-corrected chi connectivity index (χ0v) is 18.1. The van der Waals surface area contributed by atoms with Crippen molar-refractivity contribution in [2.24, 2.45) is 13.0 Å². The molecule has 2 aromatic rings. The molecule has 0 unspecified atom stereocenters. The van der Waals surface area contributed by atoms with Crippen molar-refractivity contribution in [1.29, 1.82) is 0 Å². The average molecular weight is 417 g/mol. The van der Waals surface area contributed by atoms with Crippen LogP contribution in [0.2, 0.25) is 0 Å². The number of morpholine rings is 1. The maximum Gasteiger partial charge on any atom is 0.264 e. The fourth-order valence-electron chi connectivity index (χ4n) is 4.17. The predicted octanol–water partition coefficient (Wildman–Crippen LogP) is 1.99. The van der Waals surface area contributed by atoms with Gasteiger partial charge in [0.05, 0.1) is 23.8 Å². The van der Waals surface area contributed by atoms with Crippen LogP contribution in [0.3, 0.4) is 0 Å². The van der Waals surface area contributed by atoms with E-state index in [4.69, 9.17) is 4.74 Å². The lowest BCUT2D eigenvalue weighted by Gasteiger charge is -2.26. The summed E-state index contributed by atoms with van der Waals surface area (Å²) in [4.78, 5) is 29.4. The molecule has 1 N–H and O–H groups in total. The molecule has 1 aliphatic heterocycles. The van der Waals surface area contributed by atoms with Gasteiger partial charge in [0.15, 0.2) is 0 Å². The summed E-state index contributed by atoms with van der Waals surface area (Å²) in [6.07, 6.45) is 2.40. The second-order valence-corrected chi connectivity index (χ2v) is 9.03. The van der Waals surface area contributed by atoms with Crippen LogP contribution in [0.5, 0.6) is 0 Å². The molecule has 1 saturated heterocycles. The standard InChI is InChI=1S/C21H28N4O3S/c1-13-17(14(2)24(3)23-13)12-22-20(26)15-4-5-18-16(10-15)11-19(29-18)21(27)25-6-8-28-9-7-25/h11,15H,4-10,12H2,1-3H3,(H,22,26)/t15-/m0/s1. The van der Waals surface area contributed by atoms with E-state index in [1.165, 1.54) is 4.88 Å². The van der Waals surface area contributed by atoms with Gasteiger partial charge in [-0.15, -0.1) is 11.3 Å². The van der Waals surface area contributed by atoms with E-state index < -0.39 is 0 Å². The van der Waals surface area contributed by atoms with Crippen molar-refractivity contribution in [1.82, 2.24) is 20.0 Å². The van der Waals surface area contributed by atoms with Crippen LogP contribution in [-0.4, -0.2) is 52.8 Å². The van der Waals surface area contributed by atoms with Crippen LogP contribution in [-0.2, 0) is 36.0 Å². The largest absolute Gasteiger partial charge is 0.378 e. The molecule has 7 nitrogen and oxygen atoms in total. The fraction of sp³-hybridized carbons (Fsp3) is 0.571. The Kier molecular flexibility index (Phi) is 5.74. The van der Waals surface area contributed by atoms with Crippen LogP contribution in [0.15, 0.2) is 6.07 Å². The highest BCUT2D eigenvalue weighted by Gasteiger charge is 2.29. The molecular formula is C21H28N4O3S. The first-order valence-corrected chi connectivity index (χ1v) is 11.0. The molecule has 8 heteroatoms. The number of hydrogen-bond acceptors (Lipinski definition) is 5. The molecule has 0 radical (unpaired) electrons. The Bertz CT molecular complexity index is 927. The maximum absolute atomic E-state index is 12.8. The second-order valence-electron chi connectivity index (χ2n) is 7.89. The second kappa shape index (κ2) is 8.28. The van der Waals surface area contributed by atoms with Gasteiger partial charge in [-0.3, -0.25) is 14.3 Å². The number of fused-ring (bicyclic) bond motifs is 1. The van der Waals surface area contributed by atoms with Crippen LogP contribution < -0.4 is 5.32 Å². The zero-order valence-electron chi connectivity index (χ0n) is 17.3. The Morgan fingerprint density at radius 2 is 2.07 bits per heavy atom. The summed E-state index contributed by atoms with van der Waals surface area (Å²) in [5.41, 5.74) is 4.29. The molecule has 1 atom stereocenters. The van der Waals surface area contributed by atoms with Gasteiger partial charge in [-0.25, -0.2) is 0 Å². The van der Waals surface area contributed by atoms with Crippen molar-refractivity contribution in [2.45, 2.75) is 39.7 Å². The highest BCUT2D eigenvalue weighted by molar-refractivity contribution is 7.14. The molecule has 0 bridgehead atoms. The maximum atomic E-state index is 12.8. The third-order valence-corrected chi connectivity index (χ3v) is 7.29. The monoisotopic (exact) mass is 416 g/mol.